The minimum absolute atomic E-state index is 0.143. The molecule has 118 valence electrons. The SMILES string of the molecule is CC(C)NCC1(CN2CCC(C(C)O)C2)CCCCC1. The summed E-state index contributed by atoms with van der Waals surface area (Å²) >= 11 is 0. The molecule has 2 rings (SSSR count). The van der Waals surface area contributed by atoms with Crippen molar-refractivity contribution in [3.8, 4) is 0 Å². The fourth-order valence-corrected chi connectivity index (χ4v) is 3.99. The van der Waals surface area contributed by atoms with Crippen LogP contribution in [0, 0.1) is 11.3 Å². The molecule has 1 aliphatic carbocycles. The van der Waals surface area contributed by atoms with Gasteiger partial charge in [-0.1, -0.05) is 33.1 Å². The molecule has 3 nitrogen and oxygen atoms in total. The van der Waals surface area contributed by atoms with E-state index in [9.17, 15) is 5.11 Å². The lowest BCUT2D eigenvalue weighted by Gasteiger charge is -2.41. The number of hydrogen-bond donors (Lipinski definition) is 2. The van der Waals surface area contributed by atoms with Crippen LogP contribution in [-0.4, -0.2) is 48.3 Å². The molecule has 0 amide bonds. The highest BCUT2D eigenvalue weighted by atomic mass is 16.3. The summed E-state index contributed by atoms with van der Waals surface area (Å²) in [6.07, 6.45) is 7.99. The molecule has 0 aromatic heterocycles. The van der Waals surface area contributed by atoms with Crippen LogP contribution in [0.2, 0.25) is 0 Å². The standard InChI is InChI=1S/C17H34N2O/c1-14(2)18-12-17(8-5-4-6-9-17)13-19-10-7-16(11-19)15(3)20/h14-16,18,20H,4-13H2,1-3H3. The van der Waals surface area contributed by atoms with Gasteiger partial charge in [0, 0.05) is 25.7 Å². The van der Waals surface area contributed by atoms with Gasteiger partial charge in [-0.3, -0.25) is 0 Å². The van der Waals surface area contributed by atoms with Crippen LogP contribution in [-0.2, 0) is 0 Å². The second-order valence-corrected chi connectivity index (χ2v) is 7.62. The number of likely N-dealkylation sites (tertiary alicyclic amines) is 1. The number of aliphatic hydroxyl groups is 1. The van der Waals surface area contributed by atoms with Gasteiger partial charge in [-0.15, -0.1) is 0 Å². The van der Waals surface area contributed by atoms with E-state index in [4.69, 9.17) is 0 Å². The third-order valence-corrected chi connectivity index (χ3v) is 5.35. The molecular weight excluding hydrogens is 248 g/mol. The molecule has 0 spiro atoms. The average molecular weight is 282 g/mol. The summed E-state index contributed by atoms with van der Waals surface area (Å²) in [7, 11) is 0. The van der Waals surface area contributed by atoms with Crippen molar-refractivity contribution in [2.45, 2.75) is 71.4 Å². The van der Waals surface area contributed by atoms with E-state index in [1.165, 1.54) is 58.2 Å². The van der Waals surface area contributed by atoms with Crippen molar-refractivity contribution in [3.05, 3.63) is 0 Å². The molecule has 20 heavy (non-hydrogen) atoms. The Bertz CT molecular complexity index is 285. The van der Waals surface area contributed by atoms with E-state index in [-0.39, 0.29) is 6.10 Å². The highest BCUT2D eigenvalue weighted by Gasteiger charge is 2.36. The van der Waals surface area contributed by atoms with Crippen molar-refractivity contribution in [2.75, 3.05) is 26.2 Å². The summed E-state index contributed by atoms with van der Waals surface area (Å²) in [5.74, 6) is 0.494. The van der Waals surface area contributed by atoms with Crippen LogP contribution in [0.1, 0.15) is 59.3 Å². The quantitative estimate of drug-likeness (QED) is 0.786. The fourth-order valence-electron chi connectivity index (χ4n) is 3.99. The van der Waals surface area contributed by atoms with E-state index >= 15 is 0 Å². The lowest BCUT2D eigenvalue weighted by molar-refractivity contribution is 0.0958. The van der Waals surface area contributed by atoms with Gasteiger partial charge in [-0.2, -0.15) is 0 Å². The third-order valence-electron chi connectivity index (χ3n) is 5.35. The summed E-state index contributed by atoms with van der Waals surface area (Å²) in [6, 6.07) is 0.581. The summed E-state index contributed by atoms with van der Waals surface area (Å²) in [5.41, 5.74) is 0.482. The Labute approximate surface area is 125 Å². The third kappa shape index (κ3) is 4.44. The number of nitrogens with one attached hydrogen (secondary N) is 1. The van der Waals surface area contributed by atoms with Crippen molar-refractivity contribution in [3.63, 3.8) is 0 Å². The van der Waals surface area contributed by atoms with E-state index in [2.05, 4.69) is 24.1 Å². The van der Waals surface area contributed by atoms with Gasteiger partial charge in [0.05, 0.1) is 6.10 Å². The van der Waals surface area contributed by atoms with E-state index in [0.29, 0.717) is 17.4 Å². The van der Waals surface area contributed by atoms with Crippen LogP contribution >= 0.6 is 0 Å². The van der Waals surface area contributed by atoms with Gasteiger partial charge in [0.2, 0.25) is 0 Å². The van der Waals surface area contributed by atoms with Crippen LogP contribution in [0.15, 0.2) is 0 Å². The van der Waals surface area contributed by atoms with E-state index in [1.807, 2.05) is 6.92 Å². The lowest BCUT2D eigenvalue weighted by atomic mass is 9.73. The summed E-state index contributed by atoms with van der Waals surface area (Å²) in [4.78, 5) is 2.62. The Morgan fingerprint density at radius 1 is 1.20 bits per heavy atom. The van der Waals surface area contributed by atoms with E-state index in [1.54, 1.807) is 0 Å². The highest BCUT2D eigenvalue weighted by molar-refractivity contribution is 4.91. The molecule has 2 fully saturated rings. The summed E-state index contributed by atoms with van der Waals surface area (Å²) in [6.45, 7) is 11.1. The number of aliphatic hydroxyl groups excluding tert-OH is 1. The minimum Gasteiger partial charge on any atom is -0.393 e. The van der Waals surface area contributed by atoms with Crippen molar-refractivity contribution in [1.29, 1.82) is 0 Å². The molecule has 1 saturated carbocycles. The number of rotatable bonds is 6. The first kappa shape index (κ1) is 16.3. The van der Waals surface area contributed by atoms with Crippen molar-refractivity contribution < 1.29 is 5.11 Å². The molecule has 2 aliphatic rings. The second-order valence-electron chi connectivity index (χ2n) is 7.62. The molecule has 3 heteroatoms. The first-order valence-electron chi connectivity index (χ1n) is 8.65. The Morgan fingerprint density at radius 3 is 2.45 bits per heavy atom. The molecule has 1 saturated heterocycles. The molecule has 2 unspecified atom stereocenters. The van der Waals surface area contributed by atoms with Crippen LogP contribution < -0.4 is 5.32 Å². The van der Waals surface area contributed by atoms with Crippen molar-refractivity contribution in [1.82, 2.24) is 10.2 Å². The highest BCUT2D eigenvalue weighted by Crippen LogP contribution is 2.38. The molecule has 0 bridgehead atoms. The summed E-state index contributed by atoms with van der Waals surface area (Å²) < 4.78 is 0. The first-order valence-corrected chi connectivity index (χ1v) is 8.65. The lowest BCUT2D eigenvalue weighted by Crippen LogP contribution is -2.46. The summed E-state index contributed by atoms with van der Waals surface area (Å²) in [5, 5.41) is 13.5. The Kier molecular flexibility index (Phi) is 5.88. The fraction of sp³-hybridized carbons (Fsp3) is 1.00. The first-order chi connectivity index (χ1) is 9.51. The second kappa shape index (κ2) is 7.24. The monoisotopic (exact) mass is 282 g/mol. The maximum atomic E-state index is 9.78. The Morgan fingerprint density at radius 2 is 1.90 bits per heavy atom. The van der Waals surface area contributed by atoms with Gasteiger partial charge < -0.3 is 15.3 Å². The number of hydrogen-bond acceptors (Lipinski definition) is 3. The average Bonchev–Trinajstić information content (AvgIpc) is 2.86. The molecular formula is C17H34N2O. The van der Waals surface area contributed by atoms with Crippen LogP contribution in [0.5, 0.6) is 0 Å². The van der Waals surface area contributed by atoms with Crippen molar-refractivity contribution in [2.24, 2.45) is 11.3 Å². The molecule has 1 heterocycles. The molecule has 2 N–H and O–H groups in total. The maximum absolute atomic E-state index is 9.78. The van der Waals surface area contributed by atoms with Gasteiger partial charge >= 0.3 is 0 Å². The Hall–Kier alpha value is -0.120. The van der Waals surface area contributed by atoms with Gasteiger partial charge in [-0.25, -0.2) is 0 Å². The molecule has 1 aliphatic heterocycles. The van der Waals surface area contributed by atoms with E-state index < -0.39 is 0 Å². The molecule has 0 radical (unpaired) electrons. The predicted molar refractivity (Wildman–Crippen MR) is 84.9 cm³/mol. The zero-order valence-electron chi connectivity index (χ0n) is 13.7. The zero-order valence-corrected chi connectivity index (χ0v) is 13.7. The normalized spacial score (nSPS) is 28.9. The van der Waals surface area contributed by atoms with Gasteiger partial charge in [0.25, 0.3) is 0 Å². The predicted octanol–water partition coefficient (Wildman–Crippen LogP) is 2.64. The molecule has 2 atom stereocenters. The van der Waals surface area contributed by atoms with Crippen LogP contribution in [0.3, 0.4) is 0 Å². The topological polar surface area (TPSA) is 35.5 Å². The smallest absolute Gasteiger partial charge is 0.0552 e. The molecule has 0 aromatic rings. The van der Waals surface area contributed by atoms with Gasteiger partial charge in [0.1, 0.15) is 0 Å². The minimum atomic E-state index is -0.143. The van der Waals surface area contributed by atoms with Crippen LogP contribution in [0.4, 0.5) is 0 Å². The zero-order chi connectivity index (χ0) is 14.6. The van der Waals surface area contributed by atoms with E-state index in [0.717, 1.165) is 6.54 Å². The van der Waals surface area contributed by atoms with Gasteiger partial charge in [-0.05, 0) is 44.1 Å². The van der Waals surface area contributed by atoms with Gasteiger partial charge in [0.15, 0.2) is 0 Å². The largest absolute Gasteiger partial charge is 0.393 e. The molecule has 0 aromatic carbocycles. The maximum Gasteiger partial charge on any atom is 0.0552 e. The Balaban J connectivity index is 1.90. The number of nitrogens with zero attached hydrogens (tertiary/aromatic N) is 1. The van der Waals surface area contributed by atoms with Crippen LogP contribution in [0.25, 0.3) is 0 Å². The van der Waals surface area contributed by atoms with Crippen molar-refractivity contribution >= 4 is 0 Å².